The Kier molecular flexibility index (Phi) is 8.47. The number of nitrogens with zero attached hydrogens (tertiary/aromatic N) is 1. The topological polar surface area (TPSA) is 94.2 Å². The lowest BCUT2D eigenvalue weighted by Crippen LogP contribution is -2.30. The maximum absolute atomic E-state index is 12.5. The molecular weight excluding hydrogens is 420 g/mol. The van der Waals surface area contributed by atoms with E-state index in [1.165, 1.54) is 43.8 Å². The Balaban J connectivity index is 2.16. The van der Waals surface area contributed by atoms with Crippen molar-refractivity contribution in [1.29, 1.82) is 0 Å². The van der Waals surface area contributed by atoms with E-state index >= 15 is 0 Å². The van der Waals surface area contributed by atoms with Crippen molar-refractivity contribution in [2.24, 2.45) is 0 Å². The maximum atomic E-state index is 12.5. The zero-order valence-corrected chi connectivity index (χ0v) is 19.2. The van der Waals surface area contributed by atoms with Gasteiger partial charge in [0.25, 0.3) is 0 Å². The number of ether oxygens (including phenoxy) is 3. The van der Waals surface area contributed by atoms with E-state index in [9.17, 15) is 13.2 Å². The number of sulfonamides is 1. The number of methoxy groups -OCH3 is 3. The first-order chi connectivity index (χ1) is 14.8. The molecule has 0 fully saturated rings. The lowest BCUT2D eigenvalue weighted by atomic mass is 10.1. The fraction of sp³-hybridized carbons (Fsp3) is 0.318. The molecule has 0 spiro atoms. The summed E-state index contributed by atoms with van der Waals surface area (Å²) in [6.45, 7) is 4.36. The molecule has 0 saturated carbocycles. The Morgan fingerprint density at radius 3 is 2.06 bits per heavy atom. The Labute approximate surface area is 183 Å². The van der Waals surface area contributed by atoms with Gasteiger partial charge < -0.3 is 19.5 Å². The van der Waals surface area contributed by atoms with Gasteiger partial charge in [0.15, 0.2) is 11.5 Å². The summed E-state index contributed by atoms with van der Waals surface area (Å²) in [5.41, 5.74) is 1.11. The third-order valence-electron chi connectivity index (χ3n) is 4.61. The summed E-state index contributed by atoms with van der Waals surface area (Å²) < 4.78 is 42.4. The predicted molar refractivity (Wildman–Crippen MR) is 120 cm³/mol. The number of nitrogens with one attached hydrogen (secondary N) is 1. The van der Waals surface area contributed by atoms with Crippen LogP contribution in [0.25, 0.3) is 6.08 Å². The van der Waals surface area contributed by atoms with Crippen LogP contribution in [0.3, 0.4) is 0 Å². The Morgan fingerprint density at radius 2 is 1.55 bits per heavy atom. The molecule has 2 rings (SSSR count). The number of anilines is 1. The lowest BCUT2D eigenvalue weighted by Gasteiger charge is -2.18. The molecule has 0 bridgehead atoms. The minimum absolute atomic E-state index is 0.180. The van der Waals surface area contributed by atoms with E-state index in [1.54, 1.807) is 44.2 Å². The van der Waals surface area contributed by atoms with Crippen LogP contribution in [0.2, 0.25) is 0 Å². The van der Waals surface area contributed by atoms with Crippen LogP contribution in [-0.4, -0.2) is 53.0 Å². The van der Waals surface area contributed by atoms with Crippen LogP contribution in [0, 0.1) is 0 Å². The van der Waals surface area contributed by atoms with Crippen molar-refractivity contribution < 1.29 is 27.4 Å². The Hall–Kier alpha value is -3.04. The largest absolute Gasteiger partial charge is 0.493 e. The summed E-state index contributed by atoms with van der Waals surface area (Å²) in [5.74, 6) is 1.01. The van der Waals surface area contributed by atoms with Crippen LogP contribution in [0.4, 0.5) is 5.69 Å². The van der Waals surface area contributed by atoms with Crippen molar-refractivity contribution in [2.75, 3.05) is 39.7 Å². The van der Waals surface area contributed by atoms with Gasteiger partial charge >= 0.3 is 0 Å². The molecule has 0 aliphatic carbocycles. The van der Waals surface area contributed by atoms with Crippen LogP contribution in [0.15, 0.2) is 47.4 Å². The van der Waals surface area contributed by atoms with Crippen LogP contribution in [0.5, 0.6) is 17.2 Å². The highest BCUT2D eigenvalue weighted by Crippen LogP contribution is 2.40. The highest BCUT2D eigenvalue weighted by molar-refractivity contribution is 7.89. The van der Waals surface area contributed by atoms with Crippen molar-refractivity contribution in [2.45, 2.75) is 18.7 Å². The smallest absolute Gasteiger partial charge is 0.248 e. The summed E-state index contributed by atoms with van der Waals surface area (Å²) in [7, 11) is 0.992. The molecule has 0 aliphatic rings. The number of benzene rings is 2. The second-order valence-corrected chi connectivity index (χ2v) is 8.30. The Morgan fingerprint density at radius 1 is 0.935 bits per heavy atom. The predicted octanol–water partition coefficient (Wildman–Crippen LogP) is 3.39. The first-order valence-electron chi connectivity index (χ1n) is 9.70. The highest BCUT2D eigenvalue weighted by atomic mass is 32.2. The minimum atomic E-state index is -3.54. The maximum Gasteiger partial charge on any atom is 0.248 e. The number of amides is 1. The van der Waals surface area contributed by atoms with Gasteiger partial charge in [0.2, 0.25) is 21.7 Å². The molecule has 0 aliphatic heterocycles. The quantitative estimate of drug-likeness (QED) is 0.560. The number of hydrogen-bond donors (Lipinski definition) is 1. The zero-order valence-electron chi connectivity index (χ0n) is 18.3. The van der Waals surface area contributed by atoms with Gasteiger partial charge in [-0.2, -0.15) is 4.31 Å². The standard InChI is InChI=1S/C22H28N2O6S/c1-6-24(7-2)31(26,27)18-12-10-17(11-13-18)23-20(25)15-9-16-8-14-19(28-3)22(30-5)21(16)29-4/h8-15H,6-7H2,1-5H3,(H,23,25). The SMILES string of the molecule is CCN(CC)S(=O)(=O)c1ccc(NC(=O)C=Cc2ccc(OC)c(OC)c2OC)cc1. The van der Waals surface area contributed by atoms with Crippen molar-refractivity contribution in [3.05, 3.63) is 48.0 Å². The molecule has 8 nitrogen and oxygen atoms in total. The molecule has 2 aromatic rings. The second kappa shape index (κ2) is 10.8. The average molecular weight is 449 g/mol. The molecule has 0 heterocycles. The molecule has 0 atom stereocenters. The fourth-order valence-electron chi connectivity index (χ4n) is 3.03. The number of carbonyl (C=O) groups excluding carboxylic acids is 1. The summed E-state index contributed by atoms with van der Waals surface area (Å²) in [4.78, 5) is 12.5. The molecule has 0 unspecified atom stereocenters. The van der Waals surface area contributed by atoms with Gasteiger partial charge in [0.1, 0.15) is 0 Å². The number of carbonyl (C=O) groups is 1. The molecule has 168 valence electrons. The molecule has 1 N–H and O–H groups in total. The lowest BCUT2D eigenvalue weighted by molar-refractivity contribution is -0.111. The summed E-state index contributed by atoms with van der Waals surface area (Å²) in [6, 6.07) is 9.53. The summed E-state index contributed by atoms with van der Waals surface area (Å²) >= 11 is 0. The van der Waals surface area contributed by atoms with Crippen molar-refractivity contribution in [3.63, 3.8) is 0 Å². The van der Waals surface area contributed by atoms with Crippen LogP contribution >= 0.6 is 0 Å². The van der Waals surface area contributed by atoms with E-state index in [-0.39, 0.29) is 10.8 Å². The molecular formula is C22H28N2O6S. The van der Waals surface area contributed by atoms with Gasteiger partial charge in [0.05, 0.1) is 26.2 Å². The van der Waals surface area contributed by atoms with Crippen molar-refractivity contribution >= 4 is 27.7 Å². The minimum Gasteiger partial charge on any atom is -0.493 e. The van der Waals surface area contributed by atoms with Crippen LogP contribution in [-0.2, 0) is 14.8 Å². The van der Waals surface area contributed by atoms with Crippen LogP contribution < -0.4 is 19.5 Å². The fourth-order valence-corrected chi connectivity index (χ4v) is 4.49. The van der Waals surface area contributed by atoms with Crippen molar-refractivity contribution in [1.82, 2.24) is 4.31 Å². The second-order valence-electron chi connectivity index (χ2n) is 6.36. The summed E-state index contributed by atoms with van der Waals surface area (Å²) in [6.07, 6.45) is 2.94. The third kappa shape index (κ3) is 5.56. The van der Waals surface area contributed by atoms with Gasteiger partial charge in [0, 0.05) is 30.4 Å². The Bertz CT molecular complexity index is 1030. The van der Waals surface area contributed by atoms with Gasteiger partial charge in [-0.25, -0.2) is 8.42 Å². The van der Waals surface area contributed by atoms with Gasteiger partial charge in [-0.1, -0.05) is 13.8 Å². The van der Waals surface area contributed by atoms with E-state index < -0.39 is 10.0 Å². The first kappa shape index (κ1) is 24.2. The molecule has 9 heteroatoms. The molecule has 0 aromatic heterocycles. The summed E-state index contributed by atoms with van der Waals surface area (Å²) in [5, 5.41) is 2.71. The zero-order chi connectivity index (χ0) is 23.0. The average Bonchev–Trinajstić information content (AvgIpc) is 2.77. The van der Waals surface area contributed by atoms with E-state index in [0.29, 0.717) is 41.6 Å². The molecule has 0 saturated heterocycles. The molecule has 2 aromatic carbocycles. The molecule has 0 radical (unpaired) electrons. The highest BCUT2D eigenvalue weighted by Gasteiger charge is 2.21. The van der Waals surface area contributed by atoms with Crippen LogP contribution in [0.1, 0.15) is 19.4 Å². The normalized spacial score (nSPS) is 11.5. The third-order valence-corrected chi connectivity index (χ3v) is 6.68. The molecule has 31 heavy (non-hydrogen) atoms. The monoisotopic (exact) mass is 448 g/mol. The van der Waals surface area contributed by atoms with Crippen molar-refractivity contribution in [3.8, 4) is 17.2 Å². The van der Waals surface area contributed by atoms with Gasteiger partial charge in [-0.3, -0.25) is 4.79 Å². The van der Waals surface area contributed by atoms with Gasteiger partial charge in [-0.05, 0) is 42.5 Å². The van der Waals surface area contributed by atoms with E-state index in [2.05, 4.69) is 5.32 Å². The van der Waals surface area contributed by atoms with Gasteiger partial charge in [-0.15, -0.1) is 0 Å². The molecule has 1 amide bonds. The van der Waals surface area contributed by atoms with E-state index in [4.69, 9.17) is 14.2 Å². The van der Waals surface area contributed by atoms with E-state index in [0.717, 1.165) is 0 Å². The van der Waals surface area contributed by atoms with E-state index in [1.807, 2.05) is 0 Å². The first-order valence-corrected chi connectivity index (χ1v) is 11.1. The number of rotatable bonds is 10. The number of hydrogen-bond acceptors (Lipinski definition) is 6.